The normalized spacial score (nSPS) is 14.5. The number of hydrogen-bond acceptors (Lipinski definition) is 7. The third kappa shape index (κ3) is 5.73. The molecule has 1 aromatic heterocycles. The number of rotatable bonds is 7. The van der Waals surface area contributed by atoms with Gasteiger partial charge in [-0.3, -0.25) is 4.79 Å². The predicted molar refractivity (Wildman–Crippen MR) is 125 cm³/mol. The Morgan fingerprint density at radius 1 is 1.03 bits per heavy atom. The molecule has 2 N–H and O–H groups in total. The van der Waals surface area contributed by atoms with Gasteiger partial charge in [-0.25, -0.2) is 4.98 Å². The van der Waals surface area contributed by atoms with Gasteiger partial charge in [0, 0.05) is 36.2 Å². The van der Waals surface area contributed by atoms with E-state index < -0.39 is 6.10 Å². The van der Waals surface area contributed by atoms with Crippen LogP contribution in [0.2, 0.25) is 0 Å². The van der Waals surface area contributed by atoms with E-state index in [1.54, 1.807) is 6.92 Å². The first-order valence-electron chi connectivity index (χ1n) is 10.6. The maximum atomic E-state index is 12.4. The third-order valence-electron chi connectivity index (χ3n) is 5.01. The molecule has 4 rings (SSSR count). The second-order valence-corrected chi connectivity index (χ2v) is 7.56. The van der Waals surface area contributed by atoms with Crippen LogP contribution >= 0.6 is 0 Å². The van der Waals surface area contributed by atoms with Crippen molar-refractivity contribution in [2.24, 2.45) is 0 Å². The Hall–Kier alpha value is -3.65. The summed E-state index contributed by atoms with van der Waals surface area (Å²) < 4.78 is 11.1. The molecule has 32 heavy (non-hydrogen) atoms. The number of hydrogen-bond donors (Lipinski definition) is 2. The lowest BCUT2D eigenvalue weighted by atomic mass is 10.2. The fraction of sp³-hybridized carbons (Fsp3) is 0.292. The van der Waals surface area contributed by atoms with Gasteiger partial charge in [0.25, 0.3) is 5.91 Å². The number of anilines is 4. The molecule has 8 heteroatoms. The summed E-state index contributed by atoms with van der Waals surface area (Å²) in [6.45, 7) is 6.71. The van der Waals surface area contributed by atoms with E-state index in [2.05, 4.69) is 25.5 Å². The molecule has 2 heterocycles. The molecule has 0 radical (unpaired) electrons. The molecule has 0 spiro atoms. The van der Waals surface area contributed by atoms with Crippen LogP contribution in [0.3, 0.4) is 0 Å². The number of carbonyl (C=O) groups is 1. The van der Waals surface area contributed by atoms with Crippen LogP contribution in [-0.2, 0) is 9.53 Å². The Morgan fingerprint density at radius 3 is 2.44 bits per heavy atom. The number of nitrogens with zero attached hydrogens (tertiary/aromatic N) is 3. The molecule has 1 aliphatic heterocycles. The number of morpholine rings is 1. The smallest absolute Gasteiger partial charge is 0.265 e. The topological polar surface area (TPSA) is 88.6 Å². The largest absolute Gasteiger partial charge is 0.481 e. The van der Waals surface area contributed by atoms with Crippen molar-refractivity contribution < 1.29 is 14.3 Å². The van der Waals surface area contributed by atoms with Crippen LogP contribution in [-0.4, -0.2) is 48.3 Å². The number of aryl methyl sites for hydroxylation is 1. The quantitative estimate of drug-likeness (QED) is 0.586. The summed E-state index contributed by atoms with van der Waals surface area (Å²) in [5, 5.41) is 6.12. The second kappa shape index (κ2) is 10.1. The SMILES string of the molecule is Cc1cc(N2CCOCC2)nc(Nc2ccc(NC(=O)[C@H](C)Oc3ccccc3)cc2)n1. The van der Waals surface area contributed by atoms with Gasteiger partial charge in [-0.15, -0.1) is 0 Å². The van der Waals surface area contributed by atoms with Gasteiger partial charge < -0.3 is 25.0 Å². The summed E-state index contributed by atoms with van der Waals surface area (Å²) in [7, 11) is 0. The average Bonchev–Trinajstić information content (AvgIpc) is 2.81. The zero-order valence-electron chi connectivity index (χ0n) is 18.2. The highest BCUT2D eigenvalue weighted by atomic mass is 16.5. The number of ether oxygens (including phenoxy) is 2. The van der Waals surface area contributed by atoms with Crippen molar-refractivity contribution in [1.82, 2.24) is 9.97 Å². The lowest BCUT2D eigenvalue weighted by Crippen LogP contribution is -2.36. The molecule has 166 valence electrons. The summed E-state index contributed by atoms with van der Waals surface area (Å²) in [6, 6.07) is 18.7. The molecule has 1 atom stereocenters. The first-order chi connectivity index (χ1) is 15.6. The molecule has 0 saturated carbocycles. The van der Waals surface area contributed by atoms with Crippen molar-refractivity contribution in [2.45, 2.75) is 20.0 Å². The van der Waals surface area contributed by atoms with Crippen LogP contribution in [0.4, 0.5) is 23.1 Å². The summed E-state index contributed by atoms with van der Waals surface area (Å²) in [4.78, 5) is 23.8. The Morgan fingerprint density at radius 2 is 1.72 bits per heavy atom. The van der Waals surface area contributed by atoms with E-state index >= 15 is 0 Å². The van der Waals surface area contributed by atoms with Crippen LogP contribution in [0.15, 0.2) is 60.7 Å². The molecule has 0 bridgehead atoms. The molecular formula is C24H27N5O3. The Labute approximate surface area is 187 Å². The number of amides is 1. The zero-order valence-corrected chi connectivity index (χ0v) is 18.2. The van der Waals surface area contributed by atoms with Crippen molar-refractivity contribution in [2.75, 3.05) is 41.8 Å². The van der Waals surface area contributed by atoms with E-state index in [1.807, 2.05) is 67.6 Å². The summed E-state index contributed by atoms with van der Waals surface area (Å²) >= 11 is 0. The van der Waals surface area contributed by atoms with Crippen LogP contribution in [0.1, 0.15) is 12.6 Å². The summed E-state index contributed by atoms with van der Waals surface area (Å²) in [5.41, 5.74) is 2.40. The summed E-state index contributed by atoms with van der Waals surface area (Å²) in [6.07, 6.45) is -0.616. The standard InChI is InChI=1S/C24H27N5O3/c1-17-16-22(29-12-14-31-15-13-29)28-24(25-17)27-20-10-8-19(9-11-20)26-23(30)18(2)32-21-6-4-3-5-7-21/h3-11,16,18H,12-15H2,1-2H3,(H,26,30)(H,25,27,28)/t18-/m0/s1. The van der Waals surface area contributed by atoms with E-state index in [1.165, 1.54) is 0 Å². The van der Waals surface area contributed by atoms with Gasteiger partial charge in [0.1, 0.15) is 11.6 Å². The van der Waals surface area contributed by atoms with Crippen molar-refractivity contribution in [3.05, 3.63) is 66.4 Å². The maximum Gasteiger partial charge on any atom is 0.265 e. The number of para-hydroxylation sites is 1. The van der Waals surface area contributed by atoms with E-state index in [0.717, 1.165) is 30.3 Å². The molecular weight excluding hydrogens is 406 g/mol. The molecule has 8 nitrogen and oxygen atoms in total. The monoisotopic (exact) mass is 433 g/mol. The minimum atomic E-state index is -0.616. The molecule has 1 fully saturated rings. The molecule has 2 aromatic carbocycles. The predicted octanol–water partition coefficient (Wildman–Crippen LogP) is 3.77. The number of carbonyl (C=O) groups excluding carboxylic acids is 1. The second-order valence-electron chi connectivity index (χ2n) is 7.56. The lowest BCUT2D eigenvalue weighted by molar-refractivity contribution is -0.122. The maximum absolute atomic E-state index is 12.4. The Kier molecular flexibility index (Phi) is 6.81. The highest BCUT2D eigenvalue weighted by Gasteiger charge is 2.16. The highest BCUT2D eigenvalue weighted by Crippen LogP contribution is 2.21. The first kappa shape index (κ1) is 21.6. The molecule has 1 amide bonds. The van der Waals surface area contributed by atoms with Gasteiger partial charge in [-0.05, 0) is 50.2 Å². The number of benzene rings is 2. The molecule has 0 unspecified atom stereocenters. The Bertz CT molecular complexity index is 1040. The third-order valence-corrected chi connectivity index (χ3v) is 5.01. The van der Waals surface area contributed by atoms with E-state index in [4.69, 9.17) is 9.47 Å². The van der Waals surface area contributed by atoms with Gasteiger partial charge in [-0.2, -0.15) is 4.98 Å². The highest BCUT2D eigenvalue weighted by molar-refractivity contribution is 5.94. The first-order valence-corrected chi connectivity index (χ1v) is 10.6. The van der Waals surface area contributed by atoms with Crippen molar-refractivity contribution in [3.63, 3.8) is 0 Å². The minimum absolute atomic E-state index is 0.216. The Balaban J connectivity index is 1.36. The minimum Gasteiger partial charge on any atom is -0.481 e. The van der Waals surface area contributed by atoms with Crippen molar-refractivity contribution in [1.29, 1.82) is 0 Å². The van der Waals surface area contributed by atoms with Gasteiger partial charge in [0.05, 0.1) is 13.2 Å². The summed E-state index contributed by atoms with van der Waals surface area (Å²) in [5.74, 6) is 1.86. The average molecular weight is 434 g/mol. The van der Waals surface area contributed by atoms with Crippen LogP contribution in [0.5, 0.6) is 5.75 Å². The van der Waals surface area contributed by atoms with Crippen LogP contribution in [0, 0.1) is 6.92 Å². The van der Waals surface area contributed by atoms with Crippen molar-refractivity contribution >= 4 is 29.0 Å². The van der Waals surface area contributed by atoms with Crippen LogP contribution in [0.25, 0.3) is 0 Å². The van der Waals surface area contributed by atoms with Gasteiger partial charge in [0.2, 0.25) is 5.95 Å². The van der Waals surface area contributed by atoms with Crippen molar-refractivity contribution in [3.8, 4) is 5.75 Å². The molecule has 1 aliphatic rings. The van der Waals surface area contributed by atoms with E-state index in [-0.39, 0.29) is 5.91 Å². The number of nitrogens with one attached hydrogen (secondary N) is 2. The van der Waals surface area contributed by atoms with Gasteiger partial charge >= 0.3 is 0 Å². The lowest BCUT2D eigenvalue weighted by Gasteiger charge is -2.28. The van der Waals surface area contributed by atoms with E-state index in [0.29, 0.717) is 30.6 Å². The van der Waals surface area contributed by atoms with Gasteiger partial charge in [-0.1, -0.05) is 18.2 Å². The van der Waals surface area contributed by atoms with Crippen LogP contribution < -0.4 is 20.3 Å². The molecule has 0 aliphatic carbocycles. The fourth-order valence-electron chi connectivity index (χ4n) is 3.33. The van der Waals surface area contributed by atoms with Gasteiger partial charge in [0.15, 0.2) is 6.10 Å². The fourth-order valence-corrected chi connectivity index (χ4v) is 3.33. The zero-order chi connectivity index (χ0) is 22.3. The molecule has 1 saturated heterocycles. The molecule has 3 aromatic rings. The van der Waals surface area contributed by atoms with E-state index in [9.17, 15) is 4.79 Å². The number of aromatic nitrogens is 2.